The molecule has 3 N–H and O–H groups in total. The topological polar surface area (TPSA) is 85.8 Å². The number of nitrogens with zero attached hydrogens (tertiary/aromatic N) is 3. The summed E-state index contributed by atoms with van der Waals surface area (Å²) < 4.78 is 14.7. The number of rotatable bonds is 6. The van der Waals surface area contributed by atoms with Gasteiger partial charge in [0.15, 0.2) is 5.82 Å². The lowest BCUT2D eigenvalue weighted by Crippen LogP contribution is -2.23. The largest absolute Gasteiger partial charge is 0.335 e. The third-order valence-electron chi connectivity index (χ3n) is 4.03. The van der Waals surface area contributed by atoms with Crippen LogP contribution in [-0.2, 0) is 11.2 Å². The van der Waals surface area contributed by atoms with Crippen LogP contribution in [0.1, 0.15) is 19.4 Å². The Morgan fingerprint density at radius 2 is 2.00 bits per heavy atom. The van der Waals surface area contributed by atoms with Crippen LogP contribution in [0, 0.1) is 5.82 Å². The van der Waals surface area contributed by atoms with Crippen LogP contribution in [0.5, 0.6) is 0 Å². The molecule has 0 spiro atoms. The number of hydrogen-bond donors (Lipinski definition) is 2. The number of amides is 1. The standard InChI is InChI=1S/C19H20FN5OS/c1-3-13-7-9-16(10-8-13)22-18(26)12(2)27-19-24-23-17(25(19)21)14-5-4-6-15(20)11-14/h4-12H,3,21H2,1-2H3,(H,22,26)/t12-/m0/s1. The summed E-state index contributed by atoms with van der Waals surface area (Å²) in [5, 5.41) is 10.8. The number of nitrogen functional groups attached to an aromatic ring is 1. The molecule has 0 radical (unpaired) electrons. The number of carbonyl (C=O) groups is 1. The van der Waals surface area contributed by atoms with Crippen molar-refractivity contribution >= 4 is 23.4 Å². The fourth-order valence-corrected chi connectivity index (χ4v) is 3.23. The number of nitrogens with two attached hydrogens (primary N) is 1. The first kappa shape index (κ1) is 18.9. The van der Waals surface area contributed by atoms with Crippen molar-refractivity contribution in [2.45, 2.75) is 30.7 Å². The van der Waals surface area contributed by atoms with Gasteiger partial charge in [-0.05, 0) is 43.2 Å². The van der Waals surface area contributed by atoms with Crippen LogP contribution in [0.3, 0.4) is 0 Å². The van der Waals surface area contributed by atoms with Crippen molar-refractivity contribution in [3.05, 3.63) is 59.9 Å². The second-order valence-corrected chi connectivity index (χ2v) is 7.29. The zero-order chi connectivity index (χ0) is 19.4. The molecule has 8 heteroatoms. The Labute approximate surface area is 161 Å². The number of hydrogen-bond acceptors (Lipinski definition) is 5. The zero-order valence-electron chi connectivity index (χ0n) is 15.0. The molecule has 0 aliphatic carbocycles. The minimum atomic E-state index is -0.442. The number of anilines is 1. The summed E-state index contributed by atoms with van der Waals surface area (Å²) in [6.07, 6.45) is 0.945. The van der Waals surface area contributed by atoms with E-state index in [1.807, 2.05) is 24.3 Å². The maximum atomic E-state index is 13.4. The van der Waals surface area contributed by atoms with Gasteiger partial charge < -0.3 is 11.2 Å². The maximum Gasteiger partial charge on any atom is 0.237 e. The van der Waals surface area contributed by atoms with Crippen molar-refractivity contribution in [1.82, 2.24) is 14.9 Å². The molecule has 27 heavy (non-hydrogen) atoms. The SMILES string of the molecule is CCc1ccc(NC(=O)[C@H](C)Sc2nnc(-c3cccc(F)c3)n2N)cc1. The molecule has 140 valence electrons. The lowest BCUT2D eigenvalue weighted by Gasteiger charge is -2.12. The van der Waals surface area contributed by atoms with E-state index in [2.05, 4.69) is 22.4 Å². The number of carbonyl (C=O) groups excluding carboxylic acids is 1. The molecular weight excluding hydrogens is 365 g/mol. The molecule has 3 aromatic rings. The Morgan fingerprint density at radius 3 is 2.67 bits per heavy atom. The molecule has 0 unspecified atom stereocenters. The summed E-state index contributed by atoms with van der Waals surface area (Å²) in [5.74, 6) is 5.82. The van der Waals surface area contributed by atoms with Crippen LogP contribution in [0.15, 0.2) is 53.7 Å². The highest BCUT2D eigenvalue weighted by molar-refractivity contribution is 8.00. The van der Waals surface area contributed by atoms with E-state index in [-0.39, 0.29) is 11.7 Å². The van der Waals surface area contributed by atoms with Crippen molar-refractivity contribution in [3.63, 3.8) is 0 Å². The Balaban J connectivity index is 1.68. The van der Waals surface area contributed by atoms with Crippen LogP contribution in [0.4, 0.5) is 10.1 Å². The predicted octanol–water partition coefficient (Wildman–Crippen LogP) is 3.48. The highest BCUT2D eigenvalue weighted by Gasteiger charge is 2.20. The van der Waals surface area contributed by atoms with Gasteiger partial charge in [0.25, 0.3) is 0 Å². The Kier molecular flexibility index (Phi) is 5.75. The summed E-state index contributed by atoms with van der Waals surface area (Å²) in [4.78, 5) is 12.4. The lowest BCUT2D eigenvalue weighted by atomic mass is 10.1. The van der Waals surface area contributed by atoms with Crippen molar-refractivity contribution in [2.75, 3.05) is 11.2 Å². The minimum absolute atomic E-state index is 0.167. The highest BCUT2D eigenvalue weighted by atomic mass is 32.2. The van der Waals surface area contributed by atoms with E-state index in [0.717, 1.165) is 12.1 Å². The predicted molar refractivity (Wildman–Crippen MR) is 105 cm³/mol. The van der Waals surface area contributed by atoms with Gasteiger partial charge in [0.1, 0.15) is 5.82 Å². The molecule has 3 rings (SSSR count). The quantitative estimate of drug-likeness (QED) is 0.501. The second kappa shape index (κ2) is 8.22. The molecule has 0 bridgehead atoms. The van der Waals surface area contributed by atoms with Crippen LogP contribution in [0.25, 0.3) is 11.4 Å². The first-order valence-electron chi connectivity index (χ1n) is 8.50. The summed E-state index contributed by atoms with van der Waals surface area (Å²) in [7, 11) is 0. The van der Waals surface area contributed by atoms with Crippen molar-refractivity contribution in [2.24, 2.45) is 0 Å². The zero-order valence-corrected chi connectivity index (χ0v) is 15.8. The monoisotopic (exact) mass is 385 g/mol. The van der Waals surface area contributed by atoms with E-state index in [1.54, 1.807) is 19.1 Å². The number of benzene rings is 2. The number of halogens is 1. The van der Waals surface area contributed by atoms with Gasteiger partial charge in [-0.1, -0.05) is 43.0 Å². The normalized spacial score (nSPS) is 12.0. The number of aromatic nitrogens is 3. The molecule has 0 aliphatic rings. The van der Waals surface area contributed by atoms with Crippen LogP contribution >= 0.6 is 11.8 Å². The first-order chi connectivity index (χ1) is 13.0. The summed E-state index contributed by atoms with van der Waals surface area (Å²) in [6, 6.07) is 13.7. The van der Waals surface area contributed by atoms with Crippen molar-refractivity contribution in [3.8, 4) is 11.4 Å². The van der Waals surface area contributed by atoms with Crippen LogP contribution < -0.4 is 11.2 Å². The van der Waals surface area contributed by atoms with Gasteiger partial charge in [-0.25, -0.2) is 9.07 Å². The molecule has 2 aromatic carbocycles. The fourth-order valence-electron chi connectivity index (χ4n) is 2.46. The molecule has 0 aliphatic heterocycles. The molecule has 0 fully saturated rings. The Hall–Kier alpha value is -2.87. The number of aryl methyl sites for hydroxylation is 1. The van der Waals surface area contributed by atoms with Crippen molar-refractivity contribution < 1.29 is 9.18 Å². The van der Waals surface area contributed by atoms with E-state index in [0.29, 0.717) is 16.5 Å². The van der Waals surface area contributed by atoms with Crippen LogP contribution in [-0.4, -0.2) is 26.0 Å². The number of thioether (sulfide) groups is 1. The molecule has 1 heterocycles. The van der Waals surface area contributed by atoms with Crippen LogP contribution in [0.2, 0.25) is 0 Å². The van der Waals surface area contributed by atoms with Gasteiger partial charge >= 0.3 is 0 Å². The molecule has 0 saturated heterocycles. The smallest absolute Gasteiger partial charge is 0.237 e. The highest BCUT2D eigenvalue weighted by Crippen LogP contribution is 2.25. The second-order valence-electron chi connectivity index (χ2n) is 5.99. The average molecular weight is 385 g/mol. The Morgan fingerprint density at radius 1 is 1.26 bits per heavy atom. The van der Waals surface area contributed by atoms with Gasteiger partial charge in [0.05, 0.1) is 5.25 Å². The third-order valence-corrected chi connectivity index (χ3v) is 5.09. The molecule has 0 saturated carbocycles. The summed E-state index contributed by atoms with van der Waals surface area (Å²) in [6.45, 7) is 3.84. The number of nitrogens with one attached hydrogen (secondary N) is 1. The van der Waals surface area contributed by atoms with Gasteiger partial charge in [-0.3, -0.25) is 4.79 Å². The molecule has 1 amide bonds. The van der Waals surface area contributed by atoms with E-state index in [1.165, 1.54) is 34.1 Å². The van der Waals surface area contributed by atoms with E-state index in [9.17, 15) is 9.18 Å². The van der Waals surface area contributed by atoms with Gasteiger partial charge in [0, 0.05) is 11.3 Å². The van der Waals surface area contributed by atoms with Gasteiger partial charge in [-0.15, -0.1) is 10.2 Å². The molecule has 6 nitrogen and oxygen atoms in total. The molecule has 1 atom stereocenters. The van der Waals surface area contributed by atoms with E-state index in [4.69, 9.17) is 5.84 Å². The maximum absolute atomic E-state index is 13.4. The lowest BCUT2D eigenvalue weighted by molar-refractivity contribution is -0.115. The molecule has 1 aromatic heterocycles. The molecular formula is C19H20FN5OS. The fraction of sp³-hybridized carbons (Fsp3) is 0.211. The summed E-state index contributed by atoms with van der Waals surface area (Å²) in [5.41, 5.74) is 2.46. The third kappa shape index (κ3) is 4.46. The van der Waals surface area contributed by atoms with Crippen molar-refractivity contribution in [1.29, 1.82) is 0 Å². The minimum Gasteiger partial charge on any atom is -0.335 e. The van der Waals surface area contributed by atoms with E-state index >= 15 is 0 Å². The average Bonchev–Trinajstić information content (AvgIpc) is 3.02. The Bertz CT molecular complexity index is 942. The first-order valence-corrected chi connectivity index (χ1v) is 9.38. The van der Waals surface area contributed by atoms with Gasteiger partial charge in [-0.2, -0.15) is 0 Å². The summed E-state index contributed by atoms with van der Waals surface area (Å²) >= 11 is 1.18. The van der Waals surface area contributed by atoms with E-state index < -0.39 is 5.25 Å². The van der Waals surface area contributed by atoms with Gasteiger partial charge in [0.2, 0.25) is 11.1 Å².